The average Bonchev–Trinajstić information content (AvgIpc) is 3.07. The number of carbonyl (C=O) groups excluding carboxylic acids is 1. The van der Waals surface area contributed by atoms with E-state index in [9.17, 15) is 9.00 Å². The van der Waals surface area contributed by atoms with Crippen molar-refractivity contribution in [2.75, 3.05) is 16.8 Å². The van der Waals surface area contributed by atoms with Gasteiger partial charge < -0.3 is 5.32 Å². The first-order valence-electron chi connectivity index (χ1n) is 8.61. The minimum Gasteiger partial charge on any atom is -0.321 e. The van der Waals surface area contributed by atoms with E-state index in [-0.39, 0.29) is 5.91 Å². The van der Waals surface area contributed by atoms with E-state index in [0.717, 1.165) is 30.4 Å². The summed E-state index contributed by atoms with van der Waals surface area (Å²) in [6.45, 7) is 2.47. The SMILES string of the molecule is CCc1ccc(C(=O)Nc2cccc(CN=S3(=O)CCCC3)c2)nc1. The number of rotatable bonds is 5. The zero-order chi connectivity index (χ0) is 17.7. The molecule has 2 aromatic rings. The molecule has 1 aromatic carbocycles. The van der Waals surface area contributed by atoms with Crippen LogP contribution < -0.4 is 5.32 Å². The lowest BCUT2D eigenvalue weighted by molar-refractivity contribution is 0.102. The maximum atomic E-state index is 12.4. The Morgan fingerprint density at radius 2 is 2.00 bits per heavy atom. The number of aryl methyl sites for hydroxylation is 1. The molecule has 1 aliphatic rings. The summed E-state index contributed by atoms with van der Waals surface area (Å²) >= 11 is 0. The predicted octanol–water partition coefficient (Wildman–Crippen LogP) is 3.66. The Kier molecular flexibility index (Phi) is 5.48. The first-order chi connectivity index (χ1) is 12.1. The third-order valence-corrected chi connectivity index (χ3v) is 6.76. The van der Waals surface area contributed by atoms with Gasteiger partial charge in [0.2, 0.25) is 0 Å². The number of anilines is 1. The van der Waals surface area contributed by atoms with Gasteiger partial charge in [-0.15, -0.1) is 0 Å². The second-order valence-electron chi connectivity index (χ2n) is 6.23. The molecule has 0 bridgehead atoms. The van der Waals surface area contributed by atoms with E-state index in [0.29, 0.717) is 29.4 Å². The summed E-state index contributed by atoms with van der Waals surface area (Å²) in [5, 5.41) is 2.86. The minimum atomic E-state index is -2.01. The van der Waals surface area contributed by atoms with Gasteiger partial charge in [-0.25, -0.2) is 8.57 Å². The van der Waals surface area contributed by atoms with E-state index < -0.39 is 9.73 Å². The molecular formula is C19H23N3O2S. The summed E-state index contributed by atoms with van der Waals surface area (Å²) in [4.78, 5) is 16.5. The van der Waals surface area contributed by atoms with Crippen LogP contribution in [0.25, 0.3) is 0 Å². The highest BCUT2D eigenvalue weighted by Gasteiger charge is 2.15. The van der Waals surface area contributed by atoms with E-state index in [1.54, 1.807) is 12.3 Å². The summed E-state index contributed by atoms with van der Waals surface area (Å²) < 4.78 is 16.8. The molecule has 3 rings (SSSR count). The van der Waals surface area contributed by atoms with Crippen molar-refractivity contribution in [1.82, 2.24) is 4.98 Å². The molecule has 1 amide bonds. The van der Waals surface area contributed by atoms with Crippen LogP contribution in [0.2, 0.25) is 0 Å². The molecule has 25 heavy (non-hydrogen) atoms. The maximum absolute atomic E-state index is 12.4. The maximum Gasteiger partial charge on any atom is 0.274 e. The molecule has 0 saturated carbocycles. The summed E-state index contributed by atoms with van der Waals surface area (Å²) in [6.07, 6.45) is 4.62. The summed E-state index contributed by atoms with van der Waals surface area (Å²) in [5.74, 6) is 1.18. The van der Waals surface area contributed by atoms with Gasteiger partial charge in [-0.1, -0.05) is 25.1 Å². The van der Waals surface area contributed by atoms with Crippen molar-refractivity contribution >= 4 is 21.3 Å². The molecule has 1 saturated heterocycles. The fourth-order valence-electron chi connectivity index (χ4n) is 2.79. The Hall–Kier alpha value is -2.21. The molecule has 2 heterocycles. The van der Waals surface area contributed by atoms with Crippen LogP contribution >= 0.6 is 0 Å². The zero-order valence-electron chi connectivity index (χ0n) is 14.4. The van der Waals surface area contributed by atoms with Gasteiger partial charge in [0.1, 0.15) is 5.69 Å². The molecule has 5 nitrogen and oxygen atoms in total. The first-order valence-corrected chi connectivity index (χ1v) is 10.5. The quantitative estimate of drug-likeness (QED) is 0.888. The smallest absolute Gasteiger partial charge is 0.274 e. The van der Waals surface area contributed by atoms with Crippen LogP contribution in [0.3, 0.4) is 0 Å². The van der Waals surface area contributed by atoms with E-state index in [4.69, 9.17) is 0 Å². The molecule has 1 aromatic heterocycles. The lowest BCUT2D eigenvalue weighted by Gasteiger charge is -2.07. The van der Waals surface area contributed by atoms with E-state index in [2.05, 4.69) is 14.7 Å². The highest BCUT2D eigenvalue weighted by molar-refractivity contribution is 7.93. The zero-order valence-corrected chi connectivity index (χ0v) is 15.2. The number of hydrogen-bond donors (Lipinski definition) is 1. The lowest BCUT2D eigenvalue weighted by atomic mass is 10.2. The monoisotopic (exact) mass is 357 g/mol. The Bertz CT molecular complexity index is 856. The molecular weight excluding hydrogens is 334 g/mol. The Morgan fingerprint density at radius 3 is 2.68 bits per heavy atom. The van der Waals surface area contributed by atoms with Gasteiger partial charge in [-0.05, 0) is 48.6 Å². The number of carbonyl (C=O) groups is 1. The number of amides is 1. The largest absolute Gasteiger partial charge is 0.321 e. The summed E-state index contributed by atoms with van der Waals surface area (Å²) in [5.41, 5.74) is 3.13. The molecule has 0 radical (unpaired) electrons. The summed E-state index contributed by atoms with van der Waals surface area (Å²) in [7, 11) is -2.01. The summed E-state index contributed by atoms with van der Waals surface area (Å²) in [6, 6.07) is 11.2. The fourth-order valence-corrected chi connectivity index (χ4v) is 4.95. The third-order valence-electron chi connectivity index (χ3n) is 4.31. The second-order valence-corrected chi connectivity index (χ2v) is 8.85. The predicted molar refractivity (Wildman–Crippen MR) is 101 cm³/mol. The average molecular weight is 357 g/mol. The Balaban J connectivity index is 1.68. The minimum absolute atomic E-state index is 0.238. The third kappa shape index (κ3) is 4.66. The number of nitrogens with one attached hydrogen (secondary N) is 1. The van der Waals surface area contributed by atoms with Crippen molar-refractivity contribution < 1.29 is 9.00 Å². The first kappa shape index (κ1) is 17.6. The second kappa shape index (κ2) is 7.78. The number of aromatic nitrogens is 1. The van der Waals surface area contributed by atoms with Crippen molar-refractivity contribution in [3.63, 3.8) is 0 Å². The molecule has 0 atom stereocenters. The van der Waals surface area contributed by atoms with Gasteiger partial charge in [0.25, 0.3) is 5.91 Å². The standard InChI is InChI=1S/C19H23N3O2S/c1-2-15-8-9-18(20-13-15)19(23)22-17-7-5-6-16(12-17)14-21-25(24)10-3-4-11-25/h5-9,12-13H,2-4,10-11,14H2,1H3,(H,22,23). The molecule has 1 aliphatic heterocycles. The molecule has 0 unspecified atom stereocenters. The highest BCUT2D eigenvalue weighted by atomic mass is 32.2. The number of nitrogens with zero attached hydrogens (tertiary/aromatic N) is 2. The van der Waals surface area contributed by atoms with Crippen molar-refractivity contribution in [3.8, 4) is 0 Å². The molecule has 1 fully saturated rings. The van der Waals surface area contributed by atoms with Crippen LogP contribution in [0, 0.1) is 0 Å². The van der Waals surface area contributed by atoms with Crippen molar-refractivity contribution in [2.45, 2.75) is 32.7 Å². The number of benzene rings is 1. The normalized spacial score (nSPS) is 15.7. The van der Waals surface area contributed by atoms with E-state index in [1.807, 2.05) is 37.3 Å². The van der Waals surface area contributed by atoms with Crippen LogP contribution in [0.15, 0.2) is 47.0 Å². The Morgan fingerprint density at radius 1 is 1.20 bits per heavy atom. The number of hydrogen-bond acceptors (Lipinski definition) is 4. The molecule has 0 aliphatic carbocycles. The van der Waals surface area contributed by atoms with Crippen LogP contribution in [-0.2, 0) is 22.7 Å². The van der Waals surface area contributed by atoms with Gasteiger partial charge in [-0.3, -0.25) is 9.78 Å². The fraction of sp³-hybridized carbons (Fsp3) is 0.368. The van der Waals surface area contributed by atoms with Gasteiger partial charge in [-0.2, -0.15) is 0 Å². The van der Waals surface area contributed by atoms with Gasteiger partial charge in [0.15, 0.2) is 0 Å². The molecule has 132 valence electrons. The van der Waals surface area contributed by atoms with Crippen LogP contribution in [0.5, 0.6) is 0 Å². The Labute approximate surface area is 149 Å². The topological polar surface area (TPSA) is 71.4 Å². The highest BCUT2D eigenvalue weighted by Crippen LogP contribution is 2.17. The van der Waals surface area contributed by atoms with Crippen LogP contribution in [0.1, 0.15) is 41.4 Å². The van der Waals surface area contributed by atoms with Gasteiger partial charge in [0.05, 0.1) is 6.54 Å². The lowest BCUT2D eigenvalue weighted by Crippen LogP contribution is -2.13. The van der Waals surface area contributed by atoms with E-state index >= 15 is 0 Å². The van der Waals surface area contributed by atoms with Gasteiger partial charge >= 0.3 is 0 Å². The van der Waals surface area contributed by atoms with Crippen LogP contribution in [0.4, 0.5) is 5.69 Å². The molecule has 1 N–H and O–H groups in total. The van der Waals surface area contributed by atoms with Crippen molar-refractivity contribution in [3.05, 3.63) is 59.4 Å². The molecule has 6 heteroatoms. The number of pyridine rings is 1. The van der Waals surface area contributed by atoms with Crippen LogP contribution in [-0.4, -0.2) is 26.6 Å². The van der Waals surface area contributed by atoms with E-state index in [1.165, 1.54) is 0 Å². The van der Waals surface area contributed by atoms with Crippen molar-refractivity contribution in [1.29, 1.82) is 0 Å². The molecule has 0 spiro atoms. The van der Waals surface area contributed by atoms with Gasteiger partial charge in [0, 0.05) is 33.1 Å². The van der Waals surface area contributed by atoms with Crippen molar-refractivity contribution in [2.24, 2.45) is 4.36 Å².